The Bertz CT molecular complexity index is 1490. The molecule has 1 aromatic heterocycles. The highest BCUT2D eigenvalue weighted by Gasteiger charge is 2.26. The van der Waals surface area contributed by atoms with Crippen LogP contribution >= 0.6 is 50.7 Å². The van der Waals surface area contributed by atoms with Crippen molar-refractivity contribution < 1.29 is 8.42 Å². The Morgan fingerprint density at radius 1 is 0.971 bits per heavy atom. The predicted molar refractivity (Wildman–Crippen MR) is 146 cm³/mol. The summed E-state index contributed by atoms with van der Waals surface area (Å²) in [4.78, 5) is 0.124. The van der Waals surface area contributed by atoms with Crippen molar-refractivity contribution in [2.75, 3.05) is 7.05 Å². The summed E-state index contributed by atoms with van der Waals surface area (Å²) < 4.78 is 30.5. The van der Waals surface area contributed by atoms with Crippen molar-refractivity contribution in [1.29, 1.82) is 0 Å². The zero-order chi connectivity index (χ0) is 25.3. The van der Waals surface area contributed by atoms with E-state index in [4.69, 9.17) is 39.9 Å². The average Bonchev–Trinajstić information content (AvgIpc) is 3.17. The Hall–Kier alpha value is -1.87. The monoisotopic (exact) mass is 611 g/mol. The fourth-order valence-electron chi connectivity index (χ4n) is 3.83. The second-order valence-corrected chi connectivity index (χ2v) is 12.1. The molecular formula is C25H21BrCl3N3O2S. The first kappa shape index (κ1) is 26.2. The third kappa shape index (κ3) is 5.45. The van der Waals surface area contributed by atoms with Gasteiger partial charge in [-0.05, 0) is 55.0 Å². The minimum absolute atomic E-state index is 0.0692. The van der Waals surface area contributed by atoms with Crippen LogP contribution in [0.25, 0.3) is 16.9 Å². The highest BCUT2D eigenvalue weighted by molar-refractivity contribution is 9.10. The van der Waals surface area contributed by atoms with E-state index in [2.05, 4.69) is 15.9 Å². The van der Waals surface area contributed by atoms with Gasteiger partial charge in [-0.25, -0.2) is 13.1 Å². The Balaban J connectivity index is 1.85. The van der Waals surface area contributed by atoms with E-state index < -0.39 is 10.0 Å². The summed E-state index contributed by atoms with van der Waals surface area (Å²) in [6, 6.07) is 19.3. The average molecular weight is 614 g/mol. The van der Waals surface area contributed by atoms with Crippen molar-refractivity contribution in [3.8, 4) is 16.9 Å². The molecule has 0 N–H and O–H groups in total. The van der Waals surface area contributed by atoms with Gasteiger partial charge >= 0.3 is 0 Å². The van der Waals surface area contributed by atoms with Gasteiger partial charge in [0.05, 0.1) is 33.5 Å². The zero-order valence-electron chi connectivity index (χ0n) is 18.8. The van der Waals surface area contributed by atoms with E-state index in [0.717, 1.165) is 21.3 Å². The number of rotatable bonds is 7. The van der Waals surface area contributed by atoms with E-state index in [1.54, 1.807) is 35.0 Å². The van der Waals surface area contributed by atoms with Crippen LogP contribution in [0.4, 0.5) is 0 Å². The van der Waals surface area contributed by atoms with Gasteiger partial charge in [-0.1, -0.05) is 75.9 Å². The minimum atomic E-state index is -3.79. The maximum absolute atomic E-state index is 13.2. The highest BCUT2D eigenvalue weighted by Crippen LogP contribution is 2.34. The number of aromatic nitrogens is 2. The molecule has 1 heterocycles. The number of benzene rings is 3. The largest absolute Gasteiger partial charge is 0.243 e. The molecule has 0 spiro atoms. The molecule has 0 saturated carbocycles. The lowest BCUT2D eigenvalue weighted by atomic mass is 10.0. The SMILES string of the molecule is CCc1c(CN(C)S(=O)(=O)c2cccc(Cl)c2)nn(-c2ccc(Cl)cc2Cl)c1-c1ccc(Br)cc1. The second-order valence-electron chi connectivity index (χ2n) is 7.86. The van der Waals surface area contributed by atoms with Crippen molar-refractivity contribution in [1.82, 2.24) is 14.1 Å². The quantitative estimate of drug-likeness (QED) is 0.215. The van der Waals surface area contributed by atoms with Crippen LogP contribution in [0.3, 0.4) is 0 Å². The van der Waals surface area contributed by atoms with Crippen LogP contribution in [0.5, 0.6) is 0 Å². The van der Waals surface area contributed by atoms with Crippen molar-refractivity contribution in [2.24, 2.45) is 0 Å². The maximum Gasteiger partial charge on any atom is 0.243 e. The summed E-state index contributed by atoms with van der Waals surface area (Å²) in [7, 11) is -2.26. The smallest absolute Gasteiger partial charge is 0.231 e. The molecule has 182 valence electrons. The fraction of sp³-hybridized carbons (Fsp3) is 0.160. The van der Waals surface area contributed by atoms with Crippen LogP contribution in [0.15, 0.2) is 76.1 Å². The Morgan fingerprint density at radius 2 is 1.66 bits per heavy atom. The zero-order valence-corrected chi connectivity index (χ0v) is 23.5. The number of hydrogen-bond acceptors (Lipinski definition) is 3. The van der Waals surface area contributed by atoms with Gasteiger partial charge in [0.1, 0.15) is 0 Å². The van der Waals surface area contributed by atoms with E-state index in [0.29, 0.717) is 32.9 Å². The van der Waals surface area contributed by atoms with Crippen LogP contribution in [-0.4, -0.2) is 29.6 Å². The molecule has 0 atom stereocenters. The summed E-state index contributed by atoms with van der Waals surface area (Å²) in [5.74, 6) is 0. The first-order valence-electron chi connectivity index (χ1n) is 10.7. The normalized spacial score (nSPS) is 11.9. The van der Waals surface area contributed by atoms with Crippen LogP contribution in [-0.2, 0) is 23.0 Å². The topological polar surface area (TPSA) is 55.2 Å². The molecule has 0 unspecified atom stereocenters. The lowest BCUT2D eigenvalue weighted by Gasteiger charge is -2.17. The second kappa shape index (κ2) is 10.6. The van der Waals surface area contributed by atoms with E-state index >= 15 is 0 Å². The number of sulfonamides is 1. The molecule has 3 aromatic carbocycles. The van der Waals surface area contributed by atoms with Crippen molar-refractivity contribution in [3.05, 3.63) is 97.5 Å². The maximum atomic E-state index is 13.2. The summed E-state index contributed by atoms with van der Waals surface area (Å²) in [6.45, 7) is 2.09. The van der Waals surface area contributed by atoms with E-state index in [1.165, 1.54) is 23.5 Å². The van der Waals surface area contributed by atoms with Crippen LogP contribution in [0.2, 0.25) is 15.1 Å². The molecular weight excluding hydrogens is 593 g/mol. The summed E-state index contributed by atoms with van der Waals surface area (Å²) in [5, 5.41) is 6.16. The first-order chi connectivity index (χ1) is 16.6. The van der Waals surface area contributed by atoms with Crippen molar-refractivity contribution in [2.45, 2.75) is 24.8 Å². The molecule has 35 heavy (non-hydrogen) atoms. The third-order valence-electron chi connectivity index (χ3n) is 5.55. The van der Waals surface area contributed by atoms with Crippen LogP contribution in [0, 0.1) is 0 Å². The Labute approximate surface area is 228 Å². The molecule has 0 radical (unpaired) electrons. The van der Waals surface area contributed by atoms with Gasteiger partial charge in [0.15, 0.2) is 0 Å². The lowest BCUT2D eigenvalue weighted by molar-refractivity contribution is 0.459. The molecule has 0 aliphatic heterocycles. The summed E-state index contributed by atoms with van der Waals surface area (Å²) in [5.41, 5.74) is 3.97. The number of halogens is 4. The van der Waals surface area contributed by atoms with Crippen molar-refractivity contribution in [3.63, 3.8) is 0 Å². The minimum Gasteiger partial charge on any atom is -0.231 e. The van der Waals surface area contributed by atoms with Gasteiger partial charge in [0.2, 0.25) is 10.0 Å². The van der Waals surface area contributed by atoms with Crippen molar-refractivity contribution >= 4 is 60.8 Å². The lowest BCUT2D eigenvalue weighted by Crippen LogP contribution is -2.27. The van der Waals surface area contributed by atoms with Gasteiger partial charge in [-0.15, -0.1) is 0 Å². The standard InChI is InChI=1S/C25H21BrCl3N3O2S/c1-3-21-23(15-31(2)35(33,34)20-6-4-5-18(27)13-20)30-32(24-12-11-19(28)14-22(24)29)25(21)16-7-9-17(26)10-8-16/h4-14H,3,15H2,1-2H3. The first-order valence-corrected chi connectivity index (χ1v) is 14.0. The van der Waals surface area contributed by atoms with Crippen LogP contribution < -0.4 is 0 Å². The summed E-state index contributed by atoms with van der Waals surface area (Å²) >= 11 is 22.2. The highest BCUT2D eigenvalue weighted by atomic mass is 79.9. The van der Waals surface area contributed by atoms with Gasteiger partial charge in [0.25, 0.3) is 0 Å². The molecule has 0 aliphatic carbocycles. The Morgan fingerprint density at radius 3 is 2.29 bits per heavy atom. The summed E-state index contributed by atoms with van der Waals surface area (Å²) in [6.07, 6.45) is 0.636. The number of nitrogens with zero attached hydrogens (tertiary/aromatic N) is 3. The van der Waals surface area contributed by atoms with Gasteiger partial charge in [-0.2, -0.15) is 9.40 Å². The van der Waals surface area contributed by atoms with Gasteiger partial charge in [0, 0.05) is 32.7 Å². The van der Waals surface area contributed by atoms with Gasteiger partial charge in [-0.3, -0.25) is 0 Å². The van der Waals surface area contributed by atoms with Crippen LogP contribution in [0.1, 0.15) is 18.2 Å². The molecule has 0 bridgehead atoms. The molecule has 0 saturated heterocycles. The number of hydrogen-bond donors (Lipinski definition) is 0. The molecule has 0 fully saturated rings. The predicted octanol–water partition coefficient (Wildman–Crippen LogP) is 7.65. The fourth-order valence-corrected chi connectivity index (χ4v) is 6.02. The molecule has 4 rings (SSSR count). The van der Waals surface area contributed by atoms with E-state index in [-0.39, 0.29) is 11.4 Å². The third-order valence-corrected chi connectivity index (χ3v) is 8.65. The molecule has 4 aromatic rings. The Kier molecular flexibility index (Phi) is 7.95. The van der Waals surface area contributed by atoms with E-state index in [1.807, 2.05) is 31.2 Å². The molecule has 5 nitrogen and oxygen atoms in total. The molecule has 0 amide bonds. The molecule has 10 heteroatoms. The molecule has 0 aliphatic rings. The van der Waals surface area contributed by atoms with Gasteiger partial charge < -0.3 is 0 Å². The van der Waals surface area contributed by atoms with E-state index in [9.17, 15) is 8.42 Å².